The molecule has 1 aromatic rings. The molecule has 0 aromatic heterocycles. The summed E-state index contributed by atoms with van der Waals surface area (Å²) in [6.07, 6.45) is -0.234. The van der Waals surface area contributed by atoms with E-state index in [-0.39, 0.29) is 18.5 Å². The lowest BCUT2D eigenvalue weighted by molar-refractivity contribution is -0.138. The molecule has 4 nitrogen and oxygen atoms in total. The number of carboxylic acids is 1. The first-order valence-corrected chi connectivity index (χ1v) is 5.84. The number of rotatable bonds is 5. The molecule has 0 aliphatic carbocycles. The van der Waals surface area contributed by atoms with Crippen LogP contribution in [0.4, 0.5) is 8.78 Å². The molecule has 19 heavy (non-hydrogen) atoms. The highest BCUT2D eigenvalue weighted by Crippen LogP contribution is 2.15. The van der Waals surface area contributed by atoms with E-state index in [9.17, 15) is 18.4 Å². The van der Waals surface area contributed by atoms with Gasteiger partial charge in [0.15, 0.2) is 0 Å². The van der Waals surface area contributed by atoms with Gasteiger partial charge in [-0.15, -0.1) is 0 Å². The van der Waals surface area contributed by atoms with Crippen LogP contribution in [0, 0.1) is 11.6 Å². The molecule has 0 aliphatic heterocycles. The standard InChI is InChI=1S/C13H15F2NO3/c1-3-16(8(2)6-12(17)18)13(19)10-5-4-9(14)7-11(10)15/h4-5,7-8H,3,6H2,1-2H3,(H,17,18). The number of aliphatic carboxylic acids is 1. The number of carbonyl (C=O) groups is 2. The highest BCUT2D eigenvalue weighted by atomic mass is 19.1. The molecule has 0 aliphatic rings. The molecule has 1 aromatic carbocycles. The maximum absolute atomic E-state index is 13.5. The Morgan fingerprint density at radius 2 is 2.00 bits per heavy atom. The normalized spacial score (nSPS) is 12.0. The second kappa shape index (κ2) is 6.26. The van der Waals surface area contributed by atoms with Gasteiger partial charge in [-0.2, -0.15) is 0 Å². The summed E-state index contributed by atoms with van der Waals surface area (Å²) >= 11 is 0. The van der Waals surface area contributed by atoms with Crippen LogP contribution in [0.5, 0.6) is 0 Å². The van der Waals surface area contributed by atoms with E-state index in [1.807, 2.05) is 0 Å². The molecule has 1 unspecified atom stereocenters. The summed E-state index contributed by atoms with van der Waals surface area (Å²) in [7, 11) is 0. The average Bonchev–Trinajstić information content (AvgIpc) is 2.28. The lowest BCUT2D eigenvalue weighted by Crippen LogP contribution is -2.40. The molecule has 1 amide bonds. The highest BCUT2D eigenvalue weighted by molar-refractivity contribution is 5.94. The first-order chi connectivity index (χ1) is 8.86. The van der Waals surface area contributed by atoms with Crippen molar-refractivity contribution in [1.29, 1.82) is 0 Å². The van der Waals surface area contributed by atoms with Gasteiger partial charge in [-0.1, -0.05) is 0 Å². The fourth-order valence-electron chi connectivity index (χ4n) is 1.84. The third-order valence-corrected chi connectivity index (χ3v) is 2.77. The van der Waals surface area contributed by atoms with Gasteiger partial charge in [0.2, 0.25) is 0 Å². The molecule has 104 valence electrons. The van der Waals surface area contributed by atoms with Crippen LogP contribution < -0.4 is 0 Å². The maximum Gasteiger partial charge on any atom is 0.305 e. The summed E-state index contributed by atoms with van der Waals surface area (Å²) in [5, 5.41) is 8.71. The van der Waals surface area contributed by atoms with Crippen molar-refractivity contribution in [2.24, 2.45) is 0 Å². The number of carbonyl (C=O) groups excluding carboxylic acids is 1. The van der Waals surface area contributed by atoms with E-state index in [1.165, 1.54) is 4.90 Å². The maximum atomic E-state index is 13.5. The molecule has 6 heteroatoms. The number of hydrogen-bond donors (Lipinski definition) is 1. The predicted octanol–water partition coefficient (Wildman–Crippen LogP) is 2.29. The number of benzene rings is 1. The van der Waals surface area contributed by atoms with Crippen molar-refractivity contribution in [1.82, 2.24) is 4.90 Å². The van der Waals surface area contributed by atoms with Crippen molar-refractivity contribution in [3.8, 4) is 0 Å². The predicted molar refractivity (Wildman–Crippen MR) is 64.8 cm³/mol. The van der Waals surface area contributed by atoms with Gasteiger partial charge in [-0.3, -0.25) is 9.59 Å². The minimum atomic E-state index is -1.04. The van der Waals surface area contributed by atoms with Gasteiger partial charge >= 0.3 is 5.97 Å². The van der Waals surface area contributed by atoms with Crippen molar-refractivity contribution in [3.05, 3.63) is 35.4 Å². The van der Waals surface area contributed by atoms with E-state index in [1.54, 1.807) is 13.8 Å². The SMILES string of the molecule is CCN(C(=O)c1ccc(F)cc1F)C(C)CC(=O)O. The number of amides is 1. The minimum absolute atomic E-state index is 0.234. The van der Waals surface area contributed by atoms with Crippen LogP contribution in [-0.4, -0.2) is 34.5 Å². The monoisotopic (exact) mass is 271 g/mol. The van der Waals surface area contributed by atoms with E-state index < -0.39 is 29.6 Å². The Morgan fingerprint density at radius 3 is 2.47 bits per heavy atom. The van der Waals surface area contributed by atoms with E-state index in [4.69, 9.17) is 5.11 Å². The summed E-state index contributed by atoms with van der Waals surface area (Å²) in [6.45, 7) is 3.47. The van der Waals surface area contributed by atoms with Crippen LogP contribution in [-0.2, 0) is 4.79 Å². The van der Waals surface area contributed by atoms with Gasteiger partial charge in [0.25, 0.3) is 5.91 Å². The van der Waals surface area contributed by atoms with E-state index >= 15 is 0 Å². The van der Waals surface area contributed by atoms with E-state index in [0.29, 0.717) is 6.07 Å². The van der Waals surface area contributed by atoms with Gasteiger partial charge in [-0.05, 0) is 26.0 Å². The Labute approximate surface area is 109 Å². The van der Waals surface area contributed by atoms with Crippen molar-refractivity contribution in [3.63, 3.8) is 0 Å². The topological polar surface area (TPSA) is 57.6 Å². The Bertz CT molecular complexity index is 491. The fourth-order valence-corrected chi connectivity index (χ4v) is 1.84. The number of hydrogen-bond acceptors (Lipinski definition) is 2. The molecule has 1 atom stereocenters. The third-order valence-electron chi connectivity index (χ3n) is 2.77. The van der Waals surface area contributed by atoms with Crippen molar-refractivity contribution in [2.75, 3.05) is 6.54 Å². The van der Waals surface area contributed by atoms with Crippen molar-refractivity contribution >= 4 is 11.9 Å². The zero-order valence-electron chi connectivity index (χ0n) is 10.7. The number of carboxylic acid groups (broad SMARTS) is 1. The smallest absolute Gasteiger partial charge is 0.305 e. The van der Waals surface area contributed by atoms with Gasteiger partial charge in [0.05, 0.1) is 12.0 Å². The number of nitrogens with zero attached hydrogens (tertiary/aromatic N) is 1. The summed E-state index contributed by atoms with van der Waals surface area (Å²) in [6, 6.07) is 2.11. The molecule has 0 heterocycles. The Morgan fingerprint density at radius 1 is 1.37 bits per heavy atom. The minimum Gasteiger partial charge on any atom is -0.481 e. The second-order valence-corrected chi connectivity index (χ2v) is 4.16. The summed E-state index contributed by atoms with van der Waals surface area (Å²) in [4.78, 5) is 24.0. The van der Waals surface area contributed by atoms with Crippen molar-refractivity contribution in [2.45, 2.75) is 26.3 Å². The molecular formula is C13H15F2NO3. The molecule has 0 radical (unpaired) electrons. The van der Waals surface area contributed by atoms with Crippen LogP contribution in [0.2, 0.25) is 0 Å². The summed E-state index contributed by atoms with van der Waals surface area (Å²) in [5.41, 5.74) is -0.263. The lowest BCUT2D eigenvalue weighted by Gasteiger charge is -2.27. The molecular weight excluding hydrogens is 256 g/mol. The molecule has 0 fully saturated rings. The molecule has 0 saturated carbocycles. The zero-order chi connectivity index (χ0) is 14.6. The van der Waals surface area contributed by atoms with E-state index in [0.717, 1.165) is 12.1 Å². The van der Waals surface area contributed by atoms with Crippen LogP contribution in [0.15, 0.2) is 18.2 Å². The highest BCUT2D eigenvalue weighted by Gasteiger charge is 2.24. The van der Waals surface area contributed by atoms with Gasteiger partial charge in [0, 0.05) is 18.7 Å². The van der Waals surface area contributed by atoms with Gasteiger partial charge in [-0.25, -0.2) is 8.78 Å². The Kier molecular flexibility index (Phi) is 4.97. The Balaban J connectivity index is 2.98. The van der Waals surface area contributed by atoms with Crippen LogP contribution in [0.3, 0.4) is 0 Å². The fraction of sp³-hybridized carbons (Fsp3) is 0.385. The zero-order valence-corrected chi connectivity index (χ0v) is 10.7. The largest absolute Gasteiger partial charge is 0.481 e. The first-order valence-electron chi connectivity index (χ1n) is 5.84. The van der Waals surface area contributed by atoms with Crippen molar-refractivity contribution < 1.29 is 23.5 Å². The first kappa shape index (κ1) is 15.1. The van der Waals surface area contributed by atoms with E-state index in [2.05, 4.69) is 0 Å². The summed E-state index contributed by atoms with van der Waals surface area (Å²) in [5.74, 6) is -3.41. The molecule has 0 saturated heterocycles. The Hall–Kier alpha value is -1.98. The third kappa shape index (κ3) is 3.74. The molecule has 0 bridgehead atoms. The quantitative estimate of drug-likeness (QED) is 0.893. The lowest BCUT2D eigenvalue weighted by atomic mass is 10.1. The number of halogens is 2. The van der Waals surface area contributed by atoms with Crippen LogP contribution >= 0.6 is 0 Å². The summed E-state index contributed by atoms with van der Waals surface area (Å²) < 4.78 is 26.3. The van der Waals surface area contributed by atoms with Gasteiger partial charge < -0.3 is 10.0 Å². The molecule has 0 spiro atoms. The molecule has 1 N–H and O–H groups in total. The van der Waals surface area contributed by atoms with Crippen LogP contribution in [0.1, 0.15) is 30.6 Å². The second-order valence-electron chi connectivity index (χ2n) is 4.16. The van der Waals surface area contributed by atoms with Gasteiger partial charge in [0.1, 0.15) is 11.6 Å². The van der Waals surface area contributed by atoms with Crippen LogP contribution in [0.25, 0.3) is 0 Å². The molecule has 1 rings (SSSR count). The average molecular weight is 271 g/mol.